The lowest BCUT2D eigenvalue weighted by Gasteiger charge is -2.37. The lowest BCUT2D eigenvalue weighted by atomic mass is 10.1. The number of aromatic nitrogens is 2. The zero-order valence-corrected chi connectivity index (χ0v) is 20.7. The molecule has 0 aliphatic carbocycles. The van der Waals surface area contributed by atoms with Crippen molar-refractivity contribution in [2.45, 2.75) is 25.9 Å². The molecule has 2 aromatic carbocycles. The van der Waals surface area contributed by atoms with Crippen LogP contribution < -0.4 is 10.5 Å². The van der Waals surface area contributed by atoms with E-state index >= 15 is 0 Å². The van der Waals surface area contributed by atoms with Crippen molar-refractivity contribution in [3.8, 4) is 0 Å². The van der Waals surface area contributed by atoms with E-state index in [1.54, 1.807) is 17.7 Å². The smallest absolute Gasteiger partial charge is 0.262 e. The number of piperazine rings is 1. The van der Waals surface area contributed by atoms with E-state index in [1.165, 1.54) is 26.9 Å². The molecule has 0 bridgehead atoms. The molecule has 6 nitrogen and oxygen atoms in total. The molecule has 0 spiro atoms. The lowest BCUT2D eigenvalue weighted by Crippen LogP contribution is -2.48. The standard InChI is InChI=1S/C27H31N5OS/c1-19(32-18-28-26-25(27(32)33)22-10-11-29(2)17-24(22)34-26)16-30-12-14-31(15-13-30)23-9-5-7-20-6-3-4-8-21(20)23/h3-9,18-19H,10-17H2,1-2H3. The van der Waals surface area contributed by atoms with Crippen LogP contribution >= 0.6 is 11.3 Å². The molecule has 2 aliphatic rings. The van der Waals surface area contributed by atoms with E-state index in [9.17, 15) is 4.79 Å². The summed E-state index contributed by atoms with van der Waals surface area (Å²) in [5.41, 5.74) is 2.69. The van der Waals surface area contributed by atoms with E-state index in [0.29, 0.717) is 0 Å². The fourth-order valence-corrected chi connectivity index (χ4v) is 6.81. The Kier molecular flexibility index (Phi) is 5.63. The Morgan fingerprint density at radius 2 is 1.82 bits per heavy atom. The zero-order chi connectivity index (χ0) is 23.2. The van der Waals surface area contributed by atoms with Gasteiger partial charge < -0.3 is 9.80 Å². The highest BCUT2D eigenvalue weighted by atomic mass is 32.1. The van der Waals surface area contributed by atoms with Crippen LogP contribution in [0.5, 0.6) is 0 Å². The monoisotopic (exact) mass is 473 g/mol. The van der Waals surface area contributed by atoms with Crippen LogP contribution in [0.25, 0.3) is 21.0 Å². The summed E-state index contributed by atoms with van der Waals surface area (Å²) in [7, 11) is 2.14. The van der Waals surface area contributed by atoms with Gasteiger partial charge in [-0.15, -0.1) is 11.3 Å². The Balaban J connectivity index is 1.17. The van der Waals surface area contributed by atoms with Gasteiger partial charge in [0.1, 0.15) is 4.83 Å². The first kappa shape index (κ1) is 21.8. The first-order valence-electron chi connectivity index (χ1n) is 12.2. The highest BCUT2D eigenvalue weighted by Gasteiger charge is 2.25. The third-order valence-electron chi connectivity index (χ3n) is 7.45. The van der Waals surface area contributed by atoms with Crippen molar-refractivity contribution in [1.29, 1.82) is 0 Å². The minimum atomic E-state index is 0.0929. The van der Waals surface area contributed by atoms with Crippen molar-refractivity contribution in [1.82, 2.24) is 19.4 Å². The van der Waals surface area contributed by atoms with E-state index in [0.717, 1.165) is 62.5 Å². The summed E-state index contributed by atoms with van der Waals surface area (Å²) in [5, 5.41) is 3.48. The van der Waals surface area contributed by atoms with Crippen LogP contribution in [0.1, 0.15) is 23.4 Å². The molecule has 6 rings (SSSR count). The molecule has 2 aliphatic heterocycles. The summed E-state index contributed by atoms with van der Waals surface area (Å²) in [6.07, 6.45) is 2.71. The molecule has 0 radical (unpaired) electrons. The SMILES string of the molecule is CC(CN1CCN(c2cccc3ccccc23)CC1)n1cnc2sc3c(c2c1=O)CCN(C)C3. The van der Waals surface area contributed by atoms with Crippen LogP contribution in [0, 0.1) is 0 Å². The zero-order valence-electron chi connectivity index (χ0n) is 19.9. The van der Waals surface area contributed by atoms with Gasteiger partial charge in [-0.25, -0.2) is 4.98 Å². The molecule has 1 fully saturated rings. The molecule has 176 valence electrons. The van der Waals surface area contributed by atoms with Crippen molar-refractivity contribution in [2.75, 3.05) is 51.2 Å². The maximum atomic E-state index is 13.5. The number of rotatable bonds is 4. The third kappa shape index (κ3) is 3.82. The Morgan fingerprint density at radius 3 is 2.68 bits per heavy atom. The highest BCUT2D eigenvalue weighted by Crippen LogP contribution is 2.32. The van der Waals surface area contributed by atoms with Crippen LogP contribution in [0.15, 0.2) is 53.6 Å². The largest absolute Gasteiger partial charge is 0.368 e. The fraction of sp³-hybridized carbons (Fsp3) is 0.407. The summed E-state index contributed by atoms with van der Waals surface area (Å²) in [4.78, 5) is 27.7. The minimum absolute atomic E-state index is 0.0929. The predicted octanol–water partition coefficient (Wildman–Crippen LogP) is 3.98. The first-order valence-corrected chi connectivity index (χ1v) is 13.0. The first-order chi connectivity index (χ1) is 16.6. The molecule has 2 aromatic heterocycles. The molecule has 1 saturated heterocycles. The van der Waals surface area contributed by atoms with Gasteiger partial charge in [0.2, 0.25) is 0 Å². The summed E-state index contributed by atoms with van der Waals surface area (Å²) in [5.74, 6) is 0. The maximum Gasteiger partial charge on any atom is 0.262 e. The van der Waals surface area contributed by atoms with Gasteiger partial charge in [-0.1, -0.05) is 36.4 Å². The second kappa shape index (κ2) is 8.80. The molecule has 1 unspecified atom stereocenters. The quantitative estimate of drug-likeness (QED) is 0.449. The number of hydrogen-bond donors (Lipinski definition) is 0. The van der Waals surface area contributed by atoms with Crippen molar-refractivity contribution in [2.24, 2.45) is 0 Å². The Morgan fingerprint density at radius 1 is 1.03 bits per heavy atom. The maximum absolute atomic E-state index is 13.5. The van der Waals surface area contributed by atoms with Gasteiger partial charge in [0.05, 0.1) is 11.7 Å². The van der Waals surface area contributed by atoms with Crippen LogP contribution in [-0.4, -0.2) is 65.7 Å². The van der Waals surface area contributed by atoms with Crippen LogP contribution in [-0.2, 0) is 13.0 Å². The van der Waals surface area contributed by atoms with E-state index < -0.39 is 0 Å². The van der Waals surface area contributed by atoms with Crippen molar-refractivity contribution >= 4 is 38.0 Å². The summed E-state index contributed by atoms with van der Waals surface area (Å²) in [6.45, 7) is 8.94. The van der Waals surface area contributed by atoms with Gasteiger partial charge in [0, 0.05) is 67.8 Å². The van der Waals surface area contributed by atoms with Crippen molar-refractivity contribution in [3.63, 3.8) is 0 Å². The number of nitrogens with zero attached hydrogens (tertiary/aromatic N) is 5. The lowest BCUT2D eigenvalue weighted by molar-refractivity contribution is 0.224. The van der Waals surface area contributed by atoms with Gasteiger partial charge in [-0.2, -0.15) is 0 Å². The molecule has 0 amide bonds. The summed E-state index contributed by atoms with van der Waals surface area (Å²) < 4.78 is 1.87. The normalized spacial score (nSPS) is 18.5. The van der Waals surface area contributed by atoms with E-state index in [2.05, 4.69) is 71.1 Å². The molecule has 4 aromatic rings. The number of anilines is 1. The number of hydrogen-bond acceptors (Lipinski definition) is 6. The van der Waals surface area contributed by atoms with Gasteiger partial charge in [0.15, 0.2) is 0 Å². The molecule has 0 saturated carbocycles. The Bertz CT molecular complexity index is 1400. The average Bonchev–Trinajstić information content (AvgIpc) is 3.22. The molecular weight excluding hydrogens is 442 g/mol. The van der Waals surface area contributed by atoms with E-state index in [4.69, 9.17) is 4.98 Å². The fourth-order valence-electron chi connectivity index (χ4n) is 5.56. The average molecular weight is 474 g/mol. The second-order valence-electron chi connectivity index (χ2n) is 9.76. The second-order valence-corrected chi connectivity index (χ2v) is 10.8. The van der Waals surface area contributed by atoms with Crippen LogP contribution in [0.3, 0.4) is 0 Å². The molecule has 4 heterocycles. The molecule has 0 N–H and O–H groups in total. The number of benzene rings is 2. The van der Waals surface area contributed by atoms with Gasteiger partial charge >= 0.3 is 0 Å². The Labute approximate surface area is 204 Å². The summed E-state index contributed by atoms with van der Waals surface area (Å²) in [6, 6.07) is 15.3. The van der Waals surface area contributed by atoms with E-state index in [-0.39, 0.29) is 11.6 Å². The topological polar surface area (TPSA) is 44.6 Å². The number of fused-ring (bicyclic) bond motifs is 4. The van der Waals surface area contributed by atoms with Gasteiger partial charge in [-0.05, 0) is 37.4 Å². The minimum Gasteiger partial charge on any atom is -0.368 e. The summed E-state index contributed by atoms with van der Waals surface area (Å²) >= 11 is 1.69. The number of thiophene rings is 1. The molecule has 34 heavy (non-hydrogen) atoms. The molecule has 7 heteroatoms. The van der Waals surface area contributed by atoms with Gasteiger partial charge in [0.25, 0.3) is 5.56 Å². The number of likely N-dealkylation sites (N-methyl/N-ethyl adjacent to an activating group) is 1. The Hall–Kier alpha value is -2.74. The molecule has 1 atom stereocenters. The van der Waals surface area contributed by atoms with E-state index in [1.807, 2.05) is 4.57 Å². The van der Waals surface area contributed by atoms with Crippen molar-refractivity contribution in [3.05, 3.63) is 69.6 Å². The van der Waals surface area contributed by atoms with Crippen molar-refractivity contribution < 1.29 is 0 Å². The van der Waals surface area contributed by atoms with Gasteiger partial charge in [-0.3, -0.25) is 14.3 Å². The molecular formula is C27H31N5OS. The van der Waals surface area contributed by atoms with Crippen LogP contribution in [0.2, 0.25) is 0 Å². The predicted molar refractivity (Wildman–Crippen MR) is 141 cm³/mol. The highest BCUT2D eigenvalue weighted by molar-refractivity contribution is 7.18. The van der Waals surface area contributed by atoms with Crippen LogP contribution in [0.4, 0.5) is 5.69 Å². The third-order valence-corrected chi connectivity index (χ3v) is 8.58.